The maximum absolute atomic E-state index is 11.3. The predicted molar refractivity (Wildman–Crippen MR) is 53.2 cm³/mol. The average Bonchev–Trinajstić information content (AvgIpc) is 2.14. The quantitative estimate of drug-likeness (QED) is 0.449. The van der Waals surface area contributed by atoms with Gasteiger partial charge in [0.25, 0.3) is 0 Å². The molecule has 2 radical (unpaired) electrons. The fraction of sp³-hybridized carbons (Fsp3) is 0.818. The smallest absolute Gasteiger partial charge is 0.308 e. The Morgan fingerprint density at radius 1 is 1.38 bits per heavy atom. The second-order valence-corrected chi connectivity index (χ2v) is 3.22. The van der Waals surface area contributed by atoms with Crippen molar-refractivity contribution in [2.75, 3.05) is 6.61 Å². The first-order valence-corrected chi connectivity index (χ1v) is 5.12. The van der Waals surface area contributed by atoms with Gasteiger partial charge in [-0.3, -0.25) is 4.79 Å². The van der Waals surface area contributed by atoms with Crippen molar-refractivity contribution in [1.82, 2.24) is 0 Å². The number of ether oxygens (including phenoxy) is 1. The molecule has 0 aromatic carbocycles. The molecule has 0 aliphatic rings. The summed E-state index contributed by atoms with van der Waals surface area (Å²) in [6.07, 6.45) is 4.38. The minimum atomic E-state index is -0.138. The molecular formula is C11H20O2. The number of carbonyl (C=O) groups excluding carboxylic acids is 1. The molecule has 1 unspecified atom stereocenters. The lowest BCUT2D eigenvalue weighted by Gasteiger charge is -2.11. The Labute approximate surface area is 81.7 Å². The molecule has 0 aliphatic heterocycles. The summed E-state index contributed by atoms with van der Waals surface area (Å²) in [7, 11) is 0. The van der Waals surface area contributed by atoms with Crippen molar-refractivity contribution in [3.63, 3.8) is 0 Å². The van der Waals surface area contributed by atoms with Crippen LogP contribution in [0.25, 0.3) is 0 Å². The van der Waals surface area contributed by atoms with Gasteiger partial charge in [0.1, 0.15) is 0 Å². The Kier molecular flexibility index (Phi) is 7.76. The van der Waals surface area contributed by atoms with Crippen molar-refractivity contribution < 1.29 is 9.53 Å². The molecule has 0 amide bonds. The van der Waals surface area contributed by atoms with E-state index in [0.29, 0.717) is 13.0 Å². The molecule has 0 bridgehead atoms. The van der Waals surface area contributed by atoms with Gasteiger partial charge >= 0.3 is 5.97 Å². The molecule has 2 nitrogen and oxygen atoms in total. The van der Waals surface area contributed by atoms with Crippen molar-refractivity contribution in [1.29, 1.82) is 0 Å². The van der Waals surface area contributed by atoms with E-state index < -0.39 is 0 Å². The number of rotatable bonds is 7. The van der Waals surface area contributed by atoms with Crippen molar-refractivity contribution in [3.8, 4) is 0 Å². The van der Waals surface area contributed by atoms with E-state index in [0.717, 1.165) is 25.7 Å². The van der Waals surface area contributed by atoms with Gasteiger partial charge in [-0.1, -0.05) is 26.7 Å². The molecule has 13 heavy (non-hydrogen) atoms. The first kappa shape index (κ1) is 12.5. The fourth-order valence-corrected chi connectivity index (χ4v) is 1.07. The van der Waals surface area contributed by atoms with E-state index in [-0.39, 0.29) is 11.9 Å². The highest BCUT2D eigenvalue weighted by Gasteiger charge is 2.14. The largest absolute Gasteiger partial charge is 0.465 e. The van der Waals surface area contributed by atoms with Crippen LogP contribution in [0.2, 0.25) is 0 Å². The average molecular weight is 184 g/mol. The lowest BCUT2D eigenvalue weighted by molar-refractivity contribution is -0.148. The first-order chi connectivity index (χ1) is 6.26. The van der Waals surface area contributed by atoms with Gasteiger partial charge in [-0.15, -0.1) is 0 Å². The maximum atomic E-state index is 11.3. The summed E-state index contributed by atoms with van der Waals surface area (Å²) >= 11 is 0. The molecule has 1 atom stereocenters. The highest BCUT2D eigenvalue weighted by molar-refractivity contribution is 5.72. The predicted octanol–water partition coefficient (Wildman–Crippen LogP) is 2.85. The summed E-state index contributed by atoms with van der Waals surface area (Å²) < 4.78 is 5.07. The van der Waals surface area contributed by atoms with Crippen LogP contribution in [0.3, 0.4) is 0 Å². The Bertz CT molecular complexity index is 128. The van der Waals surface area contributed by atoms with Crippen molar-refractivity contribution in [2.45, 2.75) is 46.0 Å². The van der Waals surface area contributed by atoms with Crippen LogP contribution in [0.4, 0.5) is 0 Å². The Morgan fingerprint density at radius 2 is 2.08 bits per heavy atom. The summed E-state index contributed by atoms with van der Waals surface area (Å²) in [6, 6.07) is 0. The molecule has 76 valence electrons. The van der Waals surface area contributed by atoms with E-state index in [1.807, 2.05) is 6.92 Å². The van der Waals surface area contributed by atoms with Crippen LogP contribution in [-0.2, 0) is 9.53 Å². The third-order valence-corrected chi connectivity index (χ3v) is 2.10. The van der Waals surface area contributed by atoms with Crippen LogP contribution in [0.15, 0.2) is 0 Å². The van der Waals surface area contributed by atoms with Gasteiger partial charge in [-0.2, -0.15) is 0 Å². The normalized spacial score (nSPS) is 10.5. The molecule has 0 saturated carbocycles. The number of esters is 1. The second-order valence-electron chi connectivity index (χ2n) is 3.22. The third kappa shape index (κ3) is 5.67. The maximum Gasteiger partial charge on any atom is 0.308 e. The highest BCUT2D eigenvalue weighted by atomic mass is 16.5. The van der Waals surface area contributed by atoms with Crippen LogP contribution in [0.1, 0.15) is 46.0 Å². The SMILES string of the molecule is [CH]CC(CC)C(=O)OCCCCC. The summed E-state index contributed by atoms with van der Waals surface area (Å²) in [4.78, 5) is 11.3. The van der Waals surface area contributed by atoms with E-state index >= 15 is 0 Å². The van der Waals surface area contributed by atoms with E-state index in [1.165, 1.54) is 0 Å². The molecule has 2 heteroatoms. The molecule has 0 heterocycles. The van der Waals surface area contributed by atoms with Gasteiger partial charge in [0.2, 0.25) is 0 Å². The molecule has 0 aliphatic carbocycles. The first-order valence-electron chi connectivity index (χ1n) is 5.12. The fourth-order valence-electron chi connectivity index (χ4n) is 1.07. The highest BCUT2D eigenvalue weighted by Crippen LogP contribution is 2.09. The summed E-state index contributed by atoms with van der Waals surface area (Å²) in [5.74, 6) is -0.247. The van der Waals surface area contributed by atoms with E-state index in [9.17, 15) is 4.79 Å². The second kappa shape index (κ2) is 8.09. The molecule has 0 spiro atoms. The van der Waals surface area contributed by atoms with E-state index in [2.05, 4.69) is 6.92 Å². The molecular weight excluding hydrogens is 164 g/mol. The molecule has 0 fully saturated rings. The zero-order chi connectivity index (χ0) is 10.1. The van der Waals surface area contributed by atoms with E-state index in [4.69, 9.17) is 11.7 Å². The zero-order valence-electron chi connectivity index (χ0n) is 8.71. The van der Waals surface area contributed by atoms with Crippen molar-refractivity contribution in [3.05, 3.63) is 6.92 Å². The Morgan fingerprint density at radius 3 is 2.54 bits per heavy atom. The van der Waals surface area contributed by atoms with Gasteiger partial charge in [0, 0.05) is 0 Å². The number of hydrogen-bond acceptors (Lipinski definition) is 2. The number of hydrogen-bond donors (Lipinski definition) is 0. The summed E-state index contributed by atoms with van der Waals surface area (Å²) in [6.45, 7) is 10.0. The molecule has 0 aromatic rings. The van der Waals surface area contributed by atoms with Crippen LogP contribution < -0.4 is 0 Å². The summed E-state index contributed by atoms with van der Waals surface area (Å²) in [5, 5.41) is 0. The van der Waals surface area contributed by atoms with Crippen LogP contribution in [0, 0.1) is 12.8 Å². The van der Waals surface area contributed by atoms with Crippen molar-refractivity contribution in [2.24, 2.45) is 5.92 Å². The molecule has 0 saturated heterocycles. The monoisotopic (exact) mass is 184 g/mol. The topological polar surface area (TPSA) is 26.3 Å². The summed E-state index contributed by atoms with van der Waals surface area (Å²) in [5.41, 5.74) is 0. The minimum Gasteiger partial charge on any atom is -0.465 e. The Hall–Kier alpha value is -0.530. The molecule has 0 aromatic heterocycles. The standard InChI is InChI=1S/C11H20O2/c1-4-7-8-9-13-11(12)10(5-2)6-3/h2,10H,4-9H2,1,3H3. The lowest BCUT2D eigenvalue weighted by Crippen LogP contribution is -2.16. The van der Waals surface area contributed by atoms with Gasteiger partial charge < -0.3 is 4.74 Å². The number of unbranched alkanes of at least 4 members (excludes halogenated alkanes) is 2. The minimum absolute atomic E-state index is 0.110. The van der Waals surface area contributed by atoms with E-state index in [1.54, 1.807) is 0 Å². The van der Waals surface area contributed by atoms with Gasteiger partial charge in [0.05, 0.1) is 12.5 Å². The van der Waals surface area contributed by atoms with Crippen LogP contribution in [0.5, 0.6) is 0 Å². The zero-order valence-corrected chi connectivity index (χ0v) is 8.71. The number of carbonyl (C=O) groups is 1. The van der Waals surface area contributed by atoms with Crippen LogP contribution in [-0.4, -0.2) is 12.6 Å². The Balaban J connectivity index is 3.48. The van der Waals surface area contributed by atoms with Gasteiger partial charge in [-0.05, 0) is 26.2 Å². The molecule has 0 N–H and O–H groups in total. The van der Waals surface area contributed by atoms with Gasteiger partial charge in [0.15, 0.2) is 0 Å². The van der Waals surface area contributed by atoms with Crippen molar-refractivity contribution >= 4 is 5.97 Å². The lowest BCUT2D eigenvalue weighted by atomic mass is 10.0. The van der Waals surface area contributed by atoms with Crippen LogP contribution >= 0.6 is 0 Å². The third-order valence-electron chi connectivity index (χ3n) is 2.10. The van der Waals surface area contributed by atoms with Gasteiger partial charge in [-0.25, -0.2) is 0 Å². The molecule has 0 rings (SSSR count).